The van der Waals surface area contributed by atoms with E-state index in [9.17, 15) is 14.7 Å². The number of anilines is 1. The first-order chi connectivity index (χ1) is 9.88. The molecule has 1 aliphatic heterocycles. The van der Waals surface area contributed by atoms with Crippen molar-refractivity contribution in [3.63, 3.8) is 0 Å². The fraction of sp³-hybridized carbons (Fsp3) is 0.467. The fourth-order valence-electron chi connectivity index (χ4n) is 2.44. The van der Waals surface area contributed by atoms with E-state index in [1.54, 1.807) is 6.07 Å². The van der Waals surface area contributed by atoms with Crippen LogP contribution in [0.15, 0.2) is 24.3 Å². The summed E-state index contributed by atoms with van der Waals surface area (Å²) < 4.78 is 0. The van der Waals surface area contributed by atoms with Crippen molar-refractivity contribution in [2.75, 3.05) is 11.9 Å². The number of aliphatic carboxylic acids is 1. The van der Waals surface area contributed by atoms with Gasteiger partial charge in [-0.3, -0.25) is 0 Å². The van der Waals surface area contributed by atoms with E-state index < -0.39 is 24.1 Å². The lowest BCUT2D eigenvalue weighted by atomic mass is 10.0. The van der Waals surface area contributed by atoms with E-state index in [1.807, 2.05) is 18.2 Å². The summed E-state index contributed by atoms with van der Waals surface area (Å²) in [6.07, 6.45) is -0.728. The normalized spacial score (nSPS) is 21.6. The molecule has 0 aromatic heterocycles. The standard InChI is InChI=1S/C15H20N2O4/c1-9(2)10-4-3-5-11(6-10)16-15(21)17-8-12(18)7-13(17)14(19)20/h3-6,9,12-13,18H,7-8H2,1-2H3,(H,16,21)(H,19,20)/t12?,13-/m0/s1. The summed E-state index contributed by atoms with van der Waals surface area (Å²) in [5.41, 5.74) is 1.71. The summed E-state index contributed by atoms with van der Waals surface area (Å²) in [6.45, 7) is 4.14. The van der Waals surface area contributed by atoms with E-state index >= 15 is 0 Å². The van der Waals surface area contributed by atoms with Gasteiger partial charge in [0.2, 0.25) is 0 Å². The van der Waals surface area contributed by atoms with Gasteiger partial charge in [0.1, 0.15) is 6.04 Å². The number of carbonyl (C=O) groups is 2. The third kappa shape index (κ3) is 3.52. The third-order valence-electron chi connectivity index (χ3n) is 3.63. The number of hydrogen-bond donors (Lipinski definition) is 3. The van der Waals surface area contributed by atoms with Crippen molar-refractivity contribution < 1.29 is 19.8 Å². The van der Waals surface area contributed by atoms with Gasteiger partial charge >= 0.3 is 12.0 Å². The molecule has 1 fully saturated rings. The number of carbonyl (C=O) groups excluding carboxylic acids is 1. The van der Waals surface area contributed by atoms with E-state index in [0.29, 0.717) is 11.6 Å². The summed E-state index contributed by atoms with van der Waals surface area (Å²) in [6, 6.07) is 5.96. The number of aliphatic hydroxyl groups is 1. The largest absolute Gasteiger partial charge is 0.480 e. The van der Waals surface area contributed by atoms with Crippen molar-refractivity contribution in [1.29, 1.82) is 0 Å². The van der Waals surface area contributed by atoms with Gasteiger partial charge in [0.05, 0.1) is 6.10 Å². The van der Waals surface area contributed by atoms with Gasteiger partial charge in [-0.2, -0.15) is 0 Å². The van der Waals surface area contributed by atoms with Crippen LogP contribution in [0.1, 0.15) is 31.7 Å². The van der Waals surface area contributed by atoms with E-state index in [2.05, 4.69) is 19.2 Å². The Kier molecular flexibility index (Phi) is 4.47. The van der Waals surface area contributed by atoms with Crippen LogP contribution in [0, 0.1) is 0 Å². The molecule has 2 atom stereocenters. The number of amides is 2. The minimum Gasteiger partial charge on any atom is -0.480 e. The molecule has 1 unspecified atom stereocenters. The Morgan fingerprint density at radius 3 is 2.71 bits per heavy atom. The first kappa shape index (κ1) is 15.3. The Balaban J connectivity index is 2.10. The molecular weight excluding hydrogens is 272 g/mol. The fourth-order valence-corrected chi connectivity index (χ4v) is 2.44. The number of benzene rings is 1. The third-order valence-corrected chi connectivity index (χ3v) is 3.63. The van der Waals surface area contributed by atoms with Crippen molar-refractivity contribution in [1.82, 2.24) is 4.90 Å². The minimum absolute atomic E-state index is 0.0344. The maximum Gasteiger partial charge on any atom is 0.326 e. The second-order valence-electron chi connectivity index (χ2n) is 5.61. The molecule has 1 aliphatic rings. The molecule has 1 aromatic rings. The van der Waals surface area contributed by atoms with Crippen LogP contribution in [-0.2, 0) is 4.79 Å². The van der Waals surface area contributed by atoms with Crippen LogP contribution < -0.4 is 5.32 Å². The van der Waals surface area contributed by atoms with Crippen LogP contribution >= 0.6 is 0 Å². The maximum atomic E-state index is 12.2. The lowest BCUT2D eigenvalue weighted by Gasteiger charge is -2.21. The molecule has 0 bridgehead atoms. The van der Waals surface area contributed by atoms with Gasteiger partial charge in [-0.15, -0.1) is 0 Å². The number of rotatable bonds is 3. The average molecular weight is 292 g/mol. The SMILES string of the molecule is CC(C)c1cccc(NC(=O)N2CC(O)C[C@H]2C(=O)O)c1. The van der Waals surface area contributed by atoms with Crippen molar-refractivity contribution in [3.8, 4) is 0 Å². The lowest BCUT2D eigenvalue weighted by molar-refractivity contribution is -0.141. The highest BCUT2D eigenvalue weighted by Gasteiger charge is 2.38. The minimum atomic E-state index is -1.10. The van der Waals surface area contributed by atoms with Crippen LogP contribution in [0.4, 0.5) is 10.5 Å². The predicted molar refractivity (Wildman–Crippen MR) is 78.3 cm³/mol. The van der Waals surface area contributed by atoms with Crippen LogP contribution in [-0.4, -0.2) is 45.8 Å². The first-order valence-electron chi connectivity index (χ1n) is 6.97. The van der Waals surface area contributed by atoms with E-state index in [0.717, 1.165) is 10.5 Å². The molecule has 2 amide bonds. The number of nitrogens with zero attached hydrogens (tertiary/aromatic N) is 1. The zero-order valence-corrected chi connectivity index (χ0v) is 12.1. The van der Waals surface area contributed by atoms with Crippen molar-refractivity contribution >= 4 is 17.7 Å². The molecule has 1 aromatic carbocycles. The number of urea groups is 1. The van der Waals surface area contributed by atoms with Gasteiger partial charge in [0.15, 0.2) is 0 Å². The highest BCUT2D eigenvalue weighted by atomic mass is 16.4. The number of β-amino-alcohol motifs (C(OH)–C–C–N with tert-alkyl or cyclic N) is 1. The van der Waals surface area contributed by atoms with Crippen molar-refractivity contribution in [3.05, 3.63) is 29.8 Å². The molecule has 0 radical (unpaired) electrons. The van der Waals surface area contributed by atoms with Gasteiger partial charge in [-0.05, 0) is 23.6 Å². The van der Waals surface area contributed by atoms with Gasteiger partial charge in [-0.25, -0.2) is 9.59 Å². The summed E-state index contributed by atoms with van der Waals surface area (Å²) in [5, 5.41) is 21.4. The maximum absolute atomic E-state index is 12.2. The molecule has 2 rings (SSSR count). The molecule has 0 aliphatic carbocycles. The highest BCUT2D eigenvalue weighted by Crippen LogP contribution is 2.22. The quantitative estimate of drug-likeness (QED) is 0.793. The highest BCUT2D eigenvalue weighted by molar-refractivity contribution is 5.92. The Hall–Kier alpha value is -2.08. The van der Waals surface area contributed by atoms with Crippen molar-refractivity contribution in [2.45, 2.75) is 38.3 Å². The number of carboxylic acid groups (broad SMARTS) is 1. The average Bonchev–Trinajstić information content (AvgIpc) is 2.81. The zero-order chi connectivity index (χ0) is 15.6. The molecular formula is C15H20N2O4. The van der Waals surface area contributed by atoms with Crippen LogP contribution in [0.2, 0.25) is 0 Å². The monoisotopic (exact) mass is 292 g/mol. The zero-order valence-electron chi connectivity index (χ0n) is 12.1. The Bertz CT molecular complexity index is 544. The topological polar surface area (TPSA) is 89.9 Å². The molecule has 6 nitrogen and oxygen atoms in total. The van der Waals surface area contributed by atoms with Gasteiger partial charge in [0.25, 0.3) is 0 Å². The Morgan fingerprint density at radius 2 is 2.10 bits per heavy atom. The second kappa shape index (κ2) is 6.13. The molecule has 3 N–H and O–H groups in total. The molecule has 21 heavy (non-hydrogen) atoms. The number of nitrogens with one attached hydrogen (secondary N) is 1. The van der Waals surface area contributed by atoms with Gasteiger partial charge in [0, 0.05) is 18.7 Å². The van der Waals surface area contributed by atoms with Gasteiger partial charge < -0.3 is 20.4 Å². The first-order valence-corrected chi connectivity index (χ1v) is 6.97. The summed E-state index contributed by atoms with van der Waals surface area (Å²) in [4.78, 5) is 24.5. The van der Waals surface area contributed by atoms with Crippen molar-refractivity contribution in [2.24, 2.45) is 0 Å². The summed E-state index contributed by atoms with van der Waals surface area (Å²) >= 11 is 0. The van der Waals surface area contributed by atoms with E-state index in [-0.39, 0.29) is 13.0 Å². The second-order valence-corrected chi connectivity index (χ2v) is 5.61. The van der Waals surface area contributed by atoms with E-state index in [4.69, 9.17) is 5.11 Å². The molecule has 1 heterocycles. The molecule has 114 valence electrons. The number of hydrogen-bond acceptors (Lipinski definition) is 3. The lowest BCUT2D eigenvalue weighted by Crippen LogP contribution is -2.43. The summed E-state index contributed by atoms with van der Waals surface area (Å²) in [5.74, 6) is -0.764. The van der Waals surface area contributed by atoms with E-state index in [1.165, 1.54) is 0 Å². The van der Waals surface area contributed by atoms with Crippen LogP contribution in [0.3, 0.4) is 0 Å². The molecule has 6 heteroatoms. The van der Waals surface area contributed by atoms with Crippen LogP contribution in [0.5, 0.6) is 0 Å². The Labute approximate surface area is 123 Å². The molecule has 0 saturated carbocycles. The summed E-state index contributed by atoms with van der Waals surface area (Å²) in [7, 11) is 0. The number of likely N-dealkylation sites (tertiary alicyclic amines) is 1. The predicted octanol–water partition coefficient (Wildman–Crippen LogP) is 1.86. The van der Waals surface area contributed by atoms with Gasteiger partial charge in [-0.1, -0.05) is 26.0 Å². The number of aliphatic hydroxyl groups excluding tert-OH is 1. The van der Waals surface area contributed by atoms with Crippen LogP contribution in [0.25, 0.3) is 0 Å². The molecule has 1 saturated heterocycles. The number of carboxylic acids is 1. The molecule has 0 spiro atoms. The Morgan fingerprint density at radius 1 is 1.38 bits per heavy atom. The smallest absolute Gasteiger partial charge is 0.326 e.